The molecule has 0 fully saturated rings. The highest BCUT2D eigenvalue weighted by atomic mass is 16.4. The van der Waals surface area contributed by atoms with Crippen LogP contribution >= 0.6 is 0 Å². The lowest BCUT2D eigenvalue weighted by molar-refractivity contribution is -0.144. The van der Waals surface area contributed by atoms with Crippen molar-refractivity contribution in [1.29, 1.82) is 0 Å². The van der Waals surface area contributed by atoms with Crippen molar-refractivity contribution < 1.29 is 107 Å². The van der Waals surface area contributed by atoms with Crippen LogP contribution in [0, 0.1) is 23.7 Å². The highest BCUT2D eigenvalue weighted by molar-refractivity contribution is 6.00. The van der Waals surface area contributed by atoms with E-state index >= 15 is 0 Å². The molecule has 0 aromatic rings. The van der Waals surface area contributed by atoms with E-state index in [4.69, 9.17) is 39.5 Å². The van der Waals surface area contributed by atoms with Crippen molar-refractivity contribution in [3.05, 3.63) is 0 Å². The molecule has 0 saturated carbocycles. The SMILES string of the molecule is CC(C)C[C@H](NC(=O)[C@H](CO)NC(=O)[C@H](CCCCN)NC(=O)[C@H](CCC(N)=O)NC(=O)[C@H](CCC(N)=O)NC(=O)[C@H](C)N)C(=O)N[C@@H](CC(C)C)C(=O)N[C@@H](CCC(N)=O)C(=O)N[C@@H](CCC(N)=O)C(=O)N[C@@H](CC(C)C)C(=O)N[C@@H](CC(C)C)C(=O)N[C@H](C(=O)N[C@@H](CCC(=O)O)C(=O)O)[C@@H](C)O. The number of nitrogens with two attached hydrogens (primary N) is 6. The number of amides is 16. The summed E-state index contributed by atoms with van der Waals surface area (Å²) in [7, 11) is 0. The van der Waals surface area contributed by atoms with Crippen LogP contribution in [0.25, 0.3) is 0 Å². The number of primary amides is 4. The summed E-state index contributed by atoms with van der Waals surface area (Å²) >= 11 is 0. The summed E-state index contributed by atoms with van der Waals surface area (Å²) < 4.78 is 0. The molecule has 0 heterocycles. The number of nitrogens with one attached hydrogen (secondary N) is 12. The maximum absolute atomic E-state index is 14.5. The number of carboxylic acid groups (broad SMARTS) is 2. The van der Waals surface area contributed by atoms with Gasteiger partial charge in [-0.2, -0.15) is 0 Å². The molecule has 0 aromatic carbocycles. The molecule has 40 nitrogen and oxygen atoms in total. The third-order valence-corrected chi connectivity index (χ3v) is 15.7. The molecule has 0 aromatic heterocycles. The number of aliphatic hydroxyl groups excluding tert-OH is 2. The molecule has 14 atom stereocenters. The van der Waals surface area contributed by atoms with E-state index in [1.165, 1.54) is 6.92 Å². The fourth-order valence-corrected chi connectivity index (χ4v) is 10.2. The molecule has 0 aliphatic carbocycles. The van der Waals surface area contributed by atoms with Gasteiger partial charge >= 0.3 is 11.9 Å². The first-order chi connectivity index (χ1) is 48.8. The number of carboxylic acids is 2. The van der Waals surface area contributed by atoms with Crippen LogP contribution in [0.4, 0.5) is 0 Å². The summed E-state index contributed by atoms with van der Waals surface area (Å²) in [6.07, 6.45) is -6.86. The highest BCUT2D eigenvalue weighted by Gasteiger charge is 2.39. The van der Waals surface area contributed by atoms with Gasteiger partial charge in [0.25, 0.3) is 0 Å². The van der Waals surface area contributed by atoms with Crippen LogP contribution in [0.15, 0.2) is 0 Å². The molecule has 0 radical (unpaired) electrons. The Morgan fingerprint density at radius 2 is 0.543 bits per heavy atom. The van der Waals surface area contributed by atoms with Crippen molar-refractivity contribution in [2.75, 3.05) is 13.2 Å². The molecule has 16 amide bonds. The standard InChI is InChI=1S/C65H114N18O22/c1-30(2)25-42(79-61(100)44(27-32(5)6)81-63(102)46(29-84)82-54(93)36(13-11-12-24-66)73-56(95)38(15-20-48(69)87)74-55(94)37(14-19-47(68)86)72-53(92)34(9)67)59(98)76-39(16-21-49(70)88)57(96)75-40(17-22-50(71)89)58(97)78-43(26-31(3)4)60(99)80-45(28-33(7)8)62(101)83-52(35(10)85)64(103)77-41(65(104)105)18-23-51(90)91/h30-46,52,84-85H,11-29,66-67H2,1-10H3,(H2,68,86)(H2,69,87)(H2,70,88)(H2,71,89)(H,72,92)(H,73,95)(H,74,94)(H,75,96)(H,76,98)(H,77,103)(H,78,97)(H,79,100)(H,80,99)(H,81,102)(H,82,93)(H,83,101)(H,90,91)(H,104,105)/t34-,35+,36-,37-,38-,39-,40-,41-,42-,43-,44-,45-,46-,52-/m0/s1. The van der Waals surface area contributed by atoms with E-state index in [1.807, 2.05) is 0 Å². The zero-order valence-corrected chi connectivity index (χ0v) is 61.4. The van der Waals surface area contributed by atoms with E-state index < -0.39 is 261 Å². The van der Waals surface area contributed by atoms with E-state index in [9.17, 15) is 102 Å². The minimum Gasteiger partial charge on any atom is -0.481 e. The van der Waals surface area contributed by atoms with Gasteiger partial charge in [-0.15, -0.1) is 0 Å². The Morgan fingerprint density at radius 3 is 0.790 bits per heavy atom. The van der Waals surface area contributed by atoms with E-state index in [-0.39, 0.29) is 69.2 Å². The van der Waals surface area contributed by atoms with Crippen LogP contribution < -0.4 is 98.2 Å². The first kappa shape index (κ1) is 95.3. The second-order valence-corrected chi connectivity index (χ2v) is 27.5. The van der Waals surface area contributed by atoms with Crippen molar-refractivity contribution in [1.82, 2.24) is 63.8 Å². The topological polar surface area (TPSA) is 689 Å². The Labute approximate surface area is 609 Å². The molecule has 0 bridgehead atoms. The Kier molecular flexibility index (Phi) is 44.6. The van der Waals surface area contributed by atoms with Gasteiger partial charge in [-0.25, -0.2) is 4.79 Å². The number of carbonyl (C=O) groups is 18. The Hall–Kier alpha value is -9.70. The lowest BCUT2D eigenvalue weighted by Crippen LogP contribution is -2.61. The monoisotopic (exact) mass is 1500 g/mol. The number of carbonyl (C=O) groups excluding carboxylic acids is 16. The lowest BCUT2D eigenvalue weighted by Gasteiger charge is -2.29. The molecule has 0 spiro atoms. The third kappa shape index (κ3) is 39.7. The van der Waals surface area contributed by atoms with Gasteiger partial charge in [-0.3, -0.25) is 81.5 Å². The van der Waals surface area contributed by atoms with Gasteiger partial charge in [0.2, 0.25) is 94.5 Å². The number of unbranched alkanes of at least 4 members (excludes halogenated alkanes) is 1. The van der Waals surface area contributed by atoms with Crippen LogP contribution in [0.5, 0.6) is 0 Å². The predicted molar refractivity (Wildman–Crippen MR) is 375 cm³/mol. The van der Waals surface area contributed by atoms with Crippen molar-refractivity contribution >= 4 is 106 Å². The van der Waals surface area contributed by atoms with Crippen LogP contribution in [-0.2, 0) is 86.3 Å². The quantitative estimate of drug-likeness (QED) is 0.0252. The first-order valence-electron chi connectivity index (χ1n) is 34.8. The average Bonchev–Trinajstić information content (AvgIpc) is 0.858. The molecule has 40 heteroatoms. The summed E-state index contributed by atoms with van der Waals surface area (Å²) in [5.41, 5.74) is 32.9. The van der Waals surface area contributed by atoms with E-state index in [1.54, 1.807) is 55.4 Å². The average molecular weight is 1500 g/mol. The van der Waals surface area contributed by atoms with Gasteiger partial charge < -0.3 is 119 Å². The van der Waals surface area contributed by atoms with Crippen LogP contribution in [0.1, 0.15) is 178 Å². The summed E-state index contributed by atoms with van der Waals surface area (Å²) in [5.74, 6) is -20.7. The number of hydrogen-bond donors (Lipinski definition) is 22. The molecule has 596 valence electrons. The fourth-order valence-electron chi connectivity index (χ4n) is 10.2. The first-order valence-corrected chi connectivity index (χ1v) is 34.8. The zero-order valence-electron chi connectivity index (χ0n) is 61.4. The van der Waals surface area contributed by atoms with Gasteiger partial charge in [0.05, 0.1) is 18.8 Å². The molecular weight excluding hydrogens is 1380 g/mol. The van der Waals surface area contributed by atoms with Gasteiger partial charge in [0, 0.05) is 32.1 Å². The summed E-state index contributed by atoms with van der Waals surface area (Å²) in [6, 6.07) is -20.7. The van der Waals surface area contributed by atoms with Crippen molar-refractivity contribution in [3.63, 3.8) is 0 Å². The molecule has 0 unspecified atom stereocenters. The van der Waals surface area contributed by atoms with Crippen molar-refractivity contribution in [2.24, 2.45) is 58.1 Å². The third-order valence-electron chi connectivity index (χ3n) is 15.7. The predicted octanol–water partition coefficient (Wildman–Crippen LogP) is -7.15. The van der Waals surface area contributed by atoms with Crippen LogP contribution in [-0.4, -0.2) is 225 Å². The number of aliphatic hydroxyl groups is 2. The molecule has 28 N–H and O–H groups in total. The van der Waals surface area contributed by atoms with E-state index in [0.29, 0.717) is 6.42 Å². The molecule has 0 saturated heterocycles. The minimum atomic E-state index is -1.84. The maximum atomic E-state index is 14.5. The van der Waals surface area contributed by atoms with Crippen molar-refractivity contribution in [3.8, 4) is 0 Å². The normalized spacial score (nSPS) is 15.3. The Bertz CT molecular complexity index is 2990. The largest absolute Gasteiger partial charge is 0.481 e. The molecule has 105 heavy (non-hydrogen) atoms. The summed E-state index contributed by atoms with van der Waals surface area (Å²) in [5, 5.41) is 68.7. The van der Waals surface area contributed by atoms with Crippen LogP contribution in [0.3, 0.4) is 0 Å². The Balaban J connectivity index is 7.13. The highest BCUT2D eigenvalue weighted by Crippen LogP contribution is 2.15. The lowest BCUT2D eigenvalue weighted by atomic mass is 9.98. The van der Waals surface area contributed by atoms with Gasteiger partial charge in [0.1, 0.15) is 72.5 Å². The van der Waals surface area contributed by atoms with Crippen molar-refractivity contribution in [2.45, 2.75) is 263 Å². The van der Waals surface area contributed by atoms with E-state index in [2.05, 4.69) is 63.8 Å². The molecule has 0 aliphatic heterocycles. The molecule has 0 aliphatic rings. The second kappa shape index (κ2) is 49.1. The van der Waals surface area contributed by atoms with Gasteiger partial charge in [0.15, 0.2) is 0 Å². The maximum Gasteiger partial charge on any atom is 0.326 e. The summed E-state index contributed by atoms with van der Waals surface area (Å²) in [6.45, 7) is 14.8. The second-order valence-electron chi connectivity index (χ2n) is 27.5. The van der Waals surface area contributed by atoms with Gasteiger partial charge in [-0.05, 0) is 121 Å². The number of hydrogen-bond acceptors (Lipinski definition) is 22. The number of aliphatic carboxylic acids is 2. The molecule has 0 rings (SSSR count). The van der Waals surface area contributed by atoms with Crippen LogP contribution in [0.2, 0.25) is 0 Å². The Morgan fingerprint density at radius 1 is 0.305 bits per heavy atom. The number of rotatable bonds is 54. The fraction of sp³-hybridized carbons (Fsp3) is 0.723. The zero-order chi connectivity index (χ0) is 80.7. The summed E-state index contributed by atoms with van der Waals surface area (Å²) in [4.78, 5) is 238. The minimum absolute atomic E-state index is 0.113. The van der Waals surface area contributed by atoms with E-state index in [0.717, 1.165) is 6.92 Å². The smallest absolute Gasteiger partial charge is 0.326 e. The van der Waals surface area contributed by atoms with Gasteiger partial charge in [-0.1, -0.05) is 55.4 Å². The molecular formula is C65H114N18O22.